The number of fused-ring (bicyclic) bond motifs is 1. The van der Waals surface area contributed by atoms with Gasteiger partial charge in [0.2, 0.25) is 0 Å². The van der Waals surface area contributed by atoms with Crippen molar-refractivity contribution in [1.82, 2.24) is 14.8 Å². The number of aryl methyl sites for hydroxylation is 1. The lowest BCUT2D eigenvalue weighted by Crippen LogP contribution is -2.37. The Morgan fingerprint density at radius 2 is 1.78 bits per heavy atom. The summed E-state index contributed by atoms with van der Waals surface area (Å²) in [5, 5.41) is 0.607. The zero-order chi connectivity index (χ0) is 31.3. The molecule has 234 valence electrons. The van der Waals surface area contributed by atoms with Gasteiger partial charge in [0.25, 0.3) is 5.91 Å². The second-order valence-electron chi connectivity index (χ2n) is 11.0. The van der Waals surface area contributed by atoms with Crippen LogP contribution in [0.3, 0.4) is 0 Å². The number of methoxy groups -OCH3 is 1. The van der Waals surface area contributed by atoms with Crippen molar-refractivity contribution in [1.29, 1.82) is 0 Å². The minimum Gasteiger partial charge on any atom is -0.493 e. The number of anilines is 1. The summed E-state index contributed by atoms with van der Waals surface area (Å²) < 4.78 is 38.4. The number of halogens is 1. The second kappa shape index (κ2) is 13.5. The summed E-state index contributed by atoms with van der Waals surface area (Å²) in [6.45, 7) is 6.96. The van der Waals surface area contributed by atoms with Gasteiger partial charge in [-0.15, -0.1) is 0 Å². The average Bonchev–Trinajstić information content (AvgIpc) is 3.33. The molecule has 0 unspecified atom stereocenters. The Morgan fingerprint density at radius 3 is 2.56 bits per heavy atom. The fraction of sp³-hybridized carbons (Fsp3) is 0.324. The van der Waals surface area contributed by atoms with E-state index in [1.165, 1.54) is 17.0 Å². The maximum absolute atomic E-state index is 15.4. The molecule has 2 fully saturated rings. The third-order valence-corrected chi connectivity index (χ3v) is 8.02. The van der Waals surface area contributed by atoms with Crippen molar-refractivity contribution in [2.24, 2.45) is 0 Å². The quantitative estimate of drug-likeness (QED) is 0.160. The Bertz CT molecular complexity index is 1710. The van der Waals surface area contributed by atoms with E-state index in [-0.39, 0.29) is 24.5 Å². The molecule has 45 heavy (non-hydrogen) atoms. The molecule has 10 nitrogen and oxygen atoms in total. The average molecular weight is 615 g/mol. The van der Waals surface area contributed by atoms with Crippen LogP contribution >= 0.6 is 0 Å². The van der Waals surface area contributed by atoms with E-state index in [0.717, 1.165) is 61.4 Å². The van der Waals surface area contributed by atoms with Crippen LogP contribution in [0.4, 0.5) is 14.9 Å². The molecule has 11 heteroatoms. The molecule has 3 heterocycles. The highest BCUT2D eigenvalue weighted by Crippen LogP contribution is 2.38. The zero-order valence-corrected chi connectivity index (χ0v) is 25.3. The van der Waals surface area contributed by atoms with E-state index in [4.69, 9.17) is 18.9 Å². The van der Waals surface area contributed by atoms with Gasteiger partial charge in [-0.1, -0.05) is 24.3 Å². The summed E-state index contributed by atoms with van der Waals surface area (Å²) >= 11 is 0. The first-order valence-corrected chi connectivity index (χ1v) is 14.9. The Balaban J connectivity index is 1.15. The van der Waals surface area contributed by atoms with Gasteiger partial charge in [0.15, 0.2) is 23.1 Å². The molecule has 2 aliphatic rings. The topological polar surface area (TPSA) is 93.7 Å². The number of amides is 3. The highest BCUT2D eigenvalue weighted by molar-refractivity contribution is 6.19. The third kappa shape index (κ3) is 6.69. The first-order valence-electron chi connectivity index (χ1n) is 14.9. The van der Waals surface area contributed by atoms with Crippen molar-refractivity contribution >= 4 is 28.5 Å². The van der Waals surface area contributed by atoms with Gasteiger partial charge in [-0.05, 0) is 48.7 Å². The van der Waals surface area contributed by atoms with Crippen LogP contribution in [0.2, 0.25) is 0 Å². The van der Waals surface area contributed by atoms with E-state index >= 15 is 4.39 Å². The fourth-order valence-corrected chi connectivity index (χ4v) is 5.54. The summed E-state index contributed by atoms with van der Waals surface area (Å²) in [4.78, 5) is 35.2. The van der Waals surface area contributed by atoms with Gasteiger partial charge in [0, 0.05) is 49.9 Å². The molecule has 6 rings (SSSR count). The second-order valence-corrected chi connectivity index (χ2v) is 11.0. The predicted molar refractivity (Wildman–Crippen MR) is 167 cm³/mol. The van der Waals surface area contributed by atoms with Crippen LogP contribution in [0.5, 0.6) is 23.0 Å². The number of ether oxygens (including phenoxy) is 4. The summed E-state index contributed by atoms with van der Waals surface area (Å²) in [5.41, 5.74) is 2.70. The lowest BCUT2D eigenvalue weighted by Gasteiger charge is -2.26. The van der Waals surface area contributed by atoms with Crippen LogP contribution in [0, 0.1) is 12.7 Å². The SMILES string of the molecule is COc1cc2c(Oc3ccc(N4C(=O)CN(Cc5ccccc5C)C4=O)cc3F)ccnc2cc1OCCCN1CCOCC1. The molecule has 0 saturated carbocycles. The van der Waals surface area contributed by atoms with Crippen LogP contribution in [0.25, 0.3) is 10.9 Å². The van der Waals surface area contributed by atoms with Gasteiger partial charge in [0.1, 0.15) is 12.3 Å². The van der Waals surface area contributed by atoms with Gasteiger partial charge >= 0.3 is 6.03 Å². The van der Waals surface area contributed by atoms with E-state index in [0.29, 0.717) is 34.8 Å². The maximum Gasteiger partial charge on any atom is 0.332 e. The molecular formula is C34H35FN4O6. The molecule has 0 spiro atoms. The Kier molecular flexibility index (Phi) is 9.08. The molecule has 0 radical (unpaired) electrons. The molecule has 2 saturated heterocycles. The minimum atomic E-state index is -0.720. The number of hydrogen-bond acceptors (Lipinski definition) is 8. The number of imide groups is 1. The Labute approximate surface area is 260 Å². The van der Waals surface area contributed by atoms with E-state index in [1.807, 2.05) is 31.2 Å². The smallest absolute Gasteiger partial charge is 0.332 e. The summed E-state index contributed by atoms with van der Waals surface area (Å²) in [6, 6.07) is 16.4. The molecule has 0 N–H and O–H groups in total. The highest BCUT2D eigenvalue weighted by atomic mass is 19.1. The molecule has 4 aromatic rings. The lowest BCUT2D eigenvalue weighted by molar-refractivity contribution is -0.116. The normalized spacial score (nSPS) is 15.6. The van der Waals surface area contributed by atoms with Crippen LogP contribution < -0.4 is 19.1 Å². The first kappa shape index (κ1) is 30.3. The van der Waals surface area contributed by atoms with Crippen molar-refractivity contribution in [3.05, 3.63) is 83.8 Å². The third-order valence-electron chi connectivity index (χ3n) is 8.02. The molecule has 3 amide bonds. The lowest BCUT2D eigenvalue weighted by atomic mass is 10.1. The first-order chi connectivity index (χ1) is 21.9. The molecule has 2 aliphatic heterocycles. The highest BCUT2D eigenvalue weighted by Gasteiger charge is 2.37. The molecular weight excluding hydrogens is 579 g/mol. The van der Waals surface area contributed by atoms with Crippen molar-refractivity contribution in [3.8, 4) is 23.0 Å². The summed E-state index contributed by atoms with van der Waals surface area (Å²) in [5.74, 6) is 0.217. The van der Waals surface area contributed by atoms with Crippen LogP contribution in [0.1, 0.15) is 17.5 Å². The largest absolute Gasteiger partial charge is 0.493 e. The van der Waals surface area contributed by atoms with Gasteiger partial charge in [-0.2, -0.15) is 0 Å². The van der Waals surface area contributed by atoms with Crippen LogP contribution in [-0.4, -0.2) is 79.8 Å². The zero-order valence-electron chi connectivity index (χ0n) is 25.3. The van der Waals surface area contributed by atoms with Crippen molar-refractivity contribution in [3.63, 3.8) is 0 Å². The number of nitrogens with zero attached hydrogens (tertiary/aromatic N) is 4. The van der Waals surface area contributed by atoms with Crippen molar-refractivity contribution in [2.45, 2.75) is 19.9 Å². The number of morpholine rings is 1. The number of carbonyl (C=O) groups is 2. The van der Waals surface area contributed by atoms with E-state index < -0.39 is 17.8 Å². The van der Waals surface area contributed by atoms with Crippen molar-refractivity contribution in [2.75, 3.05) is 58.0 Å². The molecule has 1 aromatic heterocycles. The minimum absolute atomic E-state index is 0.0653. The number of urea groups is 1. The summed E-state index contributed by atoms with van der Waals surface area (Å²) in [7, 11) is 1.56. The molecule has 0 aliphatic carbocycles. The van der Waals surface area contributed by atoms with Crippen LogP contribution in [0.15, 0.2) is 66.9 Å². The predicted octanol–water partition coefficient (Wildman–Crippen LogP) is 5.55. The number of hydrogen-bond donors (Lipinski definition) is 0. The number of rotatable bonds is 11. The maximum atomic E-state index is 15.4. The number of pyridine rings is 1. The van der Waals surface area contributed by atoms with E-state index in [1.54, 1.807) is 31.5 Å². The Morgan fingerprint density at radius 1 is 0.956 bits per heavy atom. The number of aromatic nitrogens is 1. The van der Waals surface area contributed by atoms with E-state index in [2.05, 4.69) is 9.88 Å². The van der Waals surface area contributed by atoms with E-state index in [9.17, 15) is 9.59 Å². The number of carbonyl (C=O) groups excluding carboxylic acids is 2. The van der Waals surface area contributed by atoms with Crippen molar-refractivity contribution < 1.29 is 32.9 Å². The monoisotopic (exact) mass is 614 g/mol. The molecule has 0 bridgehead atoms. The van der Waals surface area contributed by atoms with Crippen LogP contribution in [-0.2, 0) is 16.1 Å². The van der Waals surface area contributed by atoms with Gasteiger partial charge in [-0.3, -0.25) is 14.7 Å². The summed E-state index contributed by atoms with van der Waals surface area (Å²) in [6.07, 6.45) is 2.43. The Hall–Kier alpha value is -4.74. The van der Waals surface area contributed by atoms with Gasteiger partial charge < -0.3 is 23.8 Å². The molecule has 0 atom stereocenters. The number of benzene rings is 3. The van der Waals surface area contributed by atoms with Gasteiger partial charge in [0.05, 0.1) is 38.1 Å². The fourth-order valence-electron chi connectivity index (χ4n) is 5.54. The van der Waals surface area contributed by atoms with Gasteiger partial charge in [-0.25, -0.2) is 14.1 Å². The standard InChI is InChI=1S/C34H35FN4O6/c1-23-6-3-4-7-24(23)21-38-22-33(40)39(34(38)41)25-8-9-30(27(35)18-25)45-29-10-11-36-28-20-32(31(42-2)19-26(28)29)44-15-5-12-37-13-16-43-17-14-37/h3-4,6-11,18-20H,5,12-17,21-22H2,1-2H3. The molecule has 3 aromatic carbocycles.